The lowest BCUT2D eigenvalue weighted by atomic mass is 10.0. The van der Waals surface area contributed by atoms with Crippen molar-refractivity contribution in [2.75, 3.05) is 0 Å². The summed E-state index contributed by atoms with van der Waals surface area (Å²) < 4.78 is 11.0. The predicted molar refractivity (Wildman–Crippen MR) is 113 cm³/mol. The number of rotatable bonds is 5. The summed E-state index contributed by atoms with van der Waals surface area (Å²) in [5.74, 6) is 0. The van der Waals surface area contributed by atoms with Gasteiger partial charge in [0, 0.05) is 5.38 Å². The van der Waals surface area contributed by atoms with Crippen LogP contribution in [0.1, 0.15) is 65.6 Å². The first-order valence-corrected chi connectivity index (χ1v) is 10.1. The molecule has 0 saturated carbocycles. The number of hydrogen-bond donors (Lipinski definition) is 0. The van der Waals surface area contributed by atoms with Crippen molar-refractivity contribution in [3.05, 3.63) is 34.3 Å². The first-order valence-electron chi connectivity index (χ1n) is 9.20. The van der Waals surface area contributed by atoms with Gasteiger partial charge in [0.05, 0.1) is 16.7 Å². The van der Waals surface area contributed by atoms with Gasteiger partial charge in [0.1, 0.15) is 11.2 Å². The Morgan fingerprint density at radius 3 is 2.04 bits per heavy atom. The molecule has 156 valence electrons. The zero-order valence-electron chi connectivity index (χ0n) is 18.2. The standard InChI is InChI=1S/C21H32N2O4S/c1-10-11-17(14(2)12-16-13-28-15(3)22-16)23(18(24)26-20(4,5)6)19(25)27-21(7,8)9/h10,12-13,17H,1,11H2,2-9H3/b14-12+/t17-/m0/s1. The molecule has 7 heteroatoms. The van der Waals surface area contributed by atoms with Crippen LogP contribution in [0, 0.1) is 6.92 Å². The number of ether oxygens (including phenoxy) is 2. The van der Waals surface area contributed by atoms with E-state index in [1.54, 1.807) is 47.6 Å². The minimum Gasteiger partial charge on any atom is -0.443 e. The largest absolute Gasteiger partial charge is 0.443 e. The van der Waals surface area contributed by atoms with E-state index in [-0.39, 0.29) is 0 Å². The fourth-order valence-corrected chi connectivity index (χ4v) is 2.95. The van der Waals surface area contributed by atoms with E-state index < -0.39 is 29.4 Å². The number of aromatic nitrogens is 1. The number of amides is 2. The maximum Gasteiger partial charge on any atom is 0.420 e. The van der Waals surface area contributed by atoms with Crippen LogP contribution in [0.3, 0.4) is 0 Å². The summed E-state index contributed by atoms with van der Waals surface area (Å²) in [6.45, 7) is 18.1. The monoisotopic (exact) mass is 408 g/mol. The molecule has 28 heavy (non-hydrogen) atoms. The summed E-state index contributed by atoms with van der Waals surface area (Å²) in [6.07, 6.45) is 2.38. The molecule has 2 amide bonds. The van der Waals surface area contributed by atoms with Gasteiger partial charge in [-0.2, -0.15) is 0 Å². The molecule has 0 aromatic carbocycles. The van der Waals surface area contributed by atoms with E-state index in [1.807, 2.05) is 25.3 Å². The van der Waals surface area contributed by atoms with Crippen molar-refractivity contribution >= 4 is 29.6 Å². The molecule has 0 aliphatic heterocycles. The van der Waals surface area contributed by atoms with Crippen molar-refractivity contribution < 1.29 is 19.1 Å². The van der Waals surface area contributed by atoms with Gasteiger partial charge in [-0.05, 0) is 73.5 Å². The van der Waals surface area contributed by atoms with Crippen LogP contribution >= 0.6 is 11.3 Å². The second-order valence-electron chi connectivity index (χ2n) is 8.55. The van der Waals surface area contributed by atoms with E-state index >= 15 is 0 Å². The Bertz CT molecular complexity index is 710. The van der Waals surface area contributed by atoms with Crippen LogP contribution in [-0.4, -0.2) is 39.3 Å². The zero-order valence-corrected chi connectivity index (χ0v) is 19.0. The molecule has 1 heterocycles. The summed E-state index contributed by atoms with van der Waals surface area (Å²) in [5.41, 5.74) is 0.0590. The lowest BCUT2D eigenvalue weighted by Gasteiger charge is -2.33. The first-order chi connectivity index (χ1) is 12.7. The van der Waals surface area contributed by atoms with E-state index in [4.69, 9.17) is 9.47 Å². The fourth-order valence-electron chi connectivity index (χ4n) is 2.38. The fraction of sp³-hybridized carbons (Fsp3) is 0.571. The summed E-state index contributed by atoms with van der Waals surface area (Å²) in [6, 6.07) is -0.593. The van der Waals surface area contributed by atoms with Crippen molar-refractivity contribution in [1.82, 2.24) is 9.88 Å². The normalized spacial score (nSPS) is 13.6. The Labute approximate surface area is 172 Å². The molecule has 0 radical (unpaired) electrons. The molecule has 0 N–H and O–H groups in total. The van der Waals surface area contributed by atoms with Crippen molar-refractivity contribution in [3.8, 4) is 0 Å². The third-order valence-corrected chi connectivity index (χ3v) is 4.21. The summed E-state index contributed by atoms with van der Waals surface area (Å²) in [5, 5.41) is 2.87. The van der Waals surface area contributed by atoms with E-state index in [1.165, 1.54) is 11.3 Å². The molecule has 0 bridgehead atoms. The second kappa shape index (κ2) is 9.37. The zero-order chi connectivity index (χ0) is 21.7. The molecule has 0 spiro atoms. The topological polar surface area (TPSA) is 68.7 Å². The van der Waals surface area contributed by atoms with Gasteiger partial charge in [0.15, 0.2) is 0 Å². The number of thiazole rings is 1. The smallest absolute Gasteiger partial charge is 0.420 e. The summed E-state index contributed by atoms with van der Waals surface area (Å²) >= 11 is 1.54. The van der Waals surface area contributed by atoms with Gasteiger partial charge in [-0.3, -0.25) is 0 Å². The lowest BCUT2D eigenvalue weighted by molar-refractivity contribution is -0.00419. The Balaban J connectivity index is 3.33. The molecule has 0 fully saturated rings. The van der Waals surface area contributed by atoms with Gasteiger partial charge >= 0.3 is 12.2 Å². The van der Waals surface area contributed by atoms with Crippen molar-refractivity contribution in [3.63, 3.8) is 0 Å². The van der Waals surface area contributed by atoms with Gasteiger partial charge in [-0.15, -0.1) is 17.9 Å². The molecule has 1 atom stereocenters. The maximum atomic E-state index is 12.9. The summed E-state index contributed by atoms with van der Waals surface area (Å²) in [4.78, 5) is 31.2. The quantitative estimate of drug-likeness (QED) is 0.561. The number of aryl methyl sites for hydroxylation is 1. The second-order valence-corrected chi connectivity index (χ2v) is 9.61. The third kappa shape index (κ3) is 7.84. The van der Waals surface area contributed by atoms with E-state index in [0.717, 1.165) is 21.2 Å². The van der Waals surface area contributed by atoms with Crippen LogP contribution in [0.4, 0.5) is 9.59 Å². The van der Waals surface area contributed by atoms with Crippen LogP contribution in [0.25, 0.3) is 6.08 Å². The summed E-state index contributed by atoms with van der Waals surface area (Å²) in [7, 11) is 0. The highest BCUT2D eigenvalue weighted by atomic mass is 32.1. The van der Waals surface area contributed by atoms with Gasteiger partial charge in [-0.1, -0.05) is 6.08 Å². The Kier molecular flexibility index (Phi) is 7.99. The van der Waals surface area contributed by atoms with E-state index in [0.29, 0.717) is 6.42 Å². The van der Waals surface area contributed by atoms with Crippen molar-refractivity contribution in [1.29, 1.82) is 0 Å². The molecule has 0 aliphatic carbocycles. The Morgan fingerprint density at radius 2 is 1.68 bits per heavy atom. The number of carbonyl (C=O) groups is 2. The van der Waals surface area contributed by atoms with Gasteiger partial charge in [-0.25, -0.2) is 19.5 Å². The number of hydrogen-bond acceptors (Lipinski definition) is 6. The maximum absolute atomic E-state index is 12.9. The van der Waals surface area contributed by atoms with Crippen LogP contribution in [0.5, 0.6) is 0 Å². The van der Waals surface area contributed by atoms with Crippen LogP contribution in [0.2, 0.25) is 0 Å². The highest BCUT2D eigenvalue weighted by Crippen LogP contribution is 2.24. The molecule has 1 aromatic rings. The average Bonchev–Trinajstić information content (AvgIpc) is 2.88. The van der Waals surface area contributed by atoms with Gasteiger partial charge < -0.3 is 9.47 Å². The molecule has 0 aliphatic rings. The molecular formula is C21H32N2O4S. The molecule has 6 nitrogen and oxygen atoms in total. The Morgan fingerprint density at radius 1 is 1.18 bits per heavy atom. The van der Waals surface area contributed by atoms with Gasteiger partial charge in [0.2, 0.25) is 0 Å². The Hall–Kier alpha value is -2.15. The molecule has 1 rings (SSSR count). The molecule has 0 unspecified atom stereocenters. The minimum atomic E-state index is -0.754. The predicted octanol–water partition coefficient (Wildman–Crippen LogP) is 5.97. The third-order valence-electron chi connectivity index (χ3n) is 3.42. The lowest BCUT2D eigenvalue weighted by Crippen LogP contribution is -2.49. The number of nitrogens with zero attached hydrogens (tertiary/aromatic N) is 2. The molecule has 0 saturated heterocycles. The average molecular weight is 409 g/mol. The molecule has 1 aromatic heterocycles. The number of imide groups is 1. The van der Waals surface area contributed by atoms with Crippen LogP contribution in [0.15, 0.2) is 23.6 Å². The van der Waals surface area contributed by atoms with E-state index in [9.17, 15) is 9.59 Å². The van der Waals surface area contributed by atoms with Crippen molar-refractivity contribution in [2.45, 2.75) is 79.1 Å². The first kappa shape index (κ1) is 23.9. The SMILES string of the molecule is C=CC[C@@H](/C(C)=C/c1csc(C)n1)N(C(=O)OC(C)(C)C)C(=O)OC(C)(C)C. The number of carbonyl (C=O) groups excluding carboxylic acids is 2. The van der Waals surface area contributed by atoms with Crippen LogP contribution < -0.4 is 0 Å². The highest BCUT2D eigenvalue weighted by molar-refractivity contribution is 7.09. The van der Waals surface area contributed by atoms with Crippen molar-refractivity contribution in [2.24, 2.45) is 0 Å². The van der Waals surface area contributed by atoms with E-state index in [2.05, 4.69) is 11.6 Å². The minimum absolute atomic E-state index is 0.365. The van der Waals surface area contributed by atoms with Crippen LogP contribution in [-0.2, 0) is 9.47 Å². The highest BCUT2D eigenvalue weighted by Gasteiger charge is 2.37. The van der Waals surface area contributed by atoms with Gasteiger partial charge in [0.25, 0.3) is 0 Å². The molecular weight excluding hydrogens is 376 g/mol.